The number of fused-ring (bicyclic) bond motifs is 4. The van der Waals surface area contributed by atoms with Crippen LogP contribution in [-0.2, 0) is 5.41 Å². The van der Waals surface area contributed by atoms with Crippen LogP contribution in [-0.4, -0.2) is 16.0 Å². The van der Waals surface area contributed by atoms with Gasteiger partial charge in [-0.15, -0.1) is 0 Å². The molecule has 2 N–H and O–H groups in total. The van der Waals surface area contributed by atoms with E-state index in [0.29, 0.717) is 24.3 Å². The fraction of sp³-hybridized carbons (Fsp3) is 0.600. The molecule has 2 atom stereocenters. The predicted molar refractivity (Wildman–Crippen MR) is 68.8 cm³/mol. The summed E-state index contributed by atoms with van der Waals surface area (Å²) in [5, 5.41) is 20.5. The maximum absolute atomic E-state index is 10.5. The molecule has 2 aliphatic rings. The zero-order valence-corrected chi connectivity index (χ0v) is 11.4. The Kier molecular flexibility index (Phi) is 1.99. The van der Waals surface area contributed by atoms with Crippen LogP contribution in [0.25, 0.3) is 0 Å². The summed E-state index contributed by atoms with van der Waals surface area (Å²) in [6.07, 6.45) is 1.20. The fourth-order valence-corrected chi connectivity index (χ4v) is 3.66. The molecule has 1 fully saturated rings. The molecule has 3 heteroatoms. The highest BCUT2D eigenvalue weighted by molar-refractivity contribution is 5.52. The van der Waals surface area contributed by atoms with Crippen molar-refractivity contribution in [3.05, 3.63) is 23.3 Å². The maximum atomic E-state index is 10.5. The first kappa shape index (κ1) is 11.8. The molecule has 1 heterocycles. The van der Waals surface area contributed by atoms with Crippen LogP contribution in [0.1, 0.15) is 44.7 Å². The largest absolute Gasteiger partial charge is 0.508 e. The van der Waals surface area contributed by atoms with Crippen molar-refractivity contribution in [1.82, 2.24) is 0 Å². The van der Waals surface area contributed by atoms with Crippen LogP contribution in [0.15, 0.2) is 12.1 Å². The van der Waals surface area contributed by atoms with E-state index in [2.05, 4.69) is 20.8 Å². The predicted octanol–water partition coefficient (Wildman–Crippen LogP) is 2.86. The summed E-state index contributed by atoms with van der Waals surface area (Å²) < 4.78 is 5.79. The molecule has 1 aromatic rings. The van der Waals surface area contributed by atoms with Gasteiger partial charge in [0.05, 0.1) is 0 Å². The number of rotatable bonds is 0. The highest BCUT2D eigenvalue weighted by atomic mass is 16.6. The third kappa shape index (κ3) is 1.28. The molecule has 3 nitrogen and oxygen atoms in total. The van der Waals surface area contributed by atoms with Crippen LogP contribution in [0.4, 0.5) is 0 Å². The van der Waals surface area contributed by atoms with Crippen molar-refractivity contribution in [2.75, 3.05) is 0 Å². The Labute approximate surface area is 107 Å². The minimum Gasteiger partial charge on any atom is -0.508 e. The number of ether oxygens (including phenoxy) is 1. The van der Waals surface area contributed by atoms with Crippen molar-refractivity contribution >= 4 is 0 Å². The molecule has 98 valence electrons. The van der Waals surface area contributed by atoms with Gasteiger partial charge in [-0.25, -0.2) is 0 Å². The highest BCUT2D eigenvalue weighted by Gasteiger charge is 2.62. The summed E-state index contributed by atoms with van der Waals surface area (Å²) in [7, 11) is 0. The summed E-state index contributed by atoms with van der Waals surface area (Å²) in [6.45, 7) is 8.30. The molecule has 1 aliphatic heterocycles. The number of hydrogen-bond acceptors (Lipinski definition) is 3. The average Bonchev–Trinajstić information content (AvgIpc) is 2.34. The van der Waals surface area contributed by atoms with Gasteiger partial charge in [0.1, 0.15) is 11.5 Å². The molecular weight excluding hydrogens is 228 g/mol. The fourth-order valence-electron chi connectivity index (χ4n) is 3.66. The standard InChI is InChI=1S/C15H20O3/c1-9-5-12-10(6-11(9)16)14(4)8-15(17,18-12)7-13(14,2)3/h5-6,16-17H,7-8H2,1-4H3/t14-,15+/m1/s1. The molecule has 0 radical (unpaired) electrons. The average molecular weight is 248 g/mol. The van der Waals surface area contributed by atoms with E-state index in [4.69, 9.17) is 4.74 Å². The van der Waals surface area contributed by atoms with E-state index < -0.39 is 5.79 Å². The van der Waals surface area contributed by atoms with Gasteiger partial charge in [-0.2, -0.15) is 0 Å². The number of aromatic hydroxyl groups is 1. The first-order valence-electron chi connectivity index (χ1n) is 6.42. The monoisotopic (exact) mass is 248 g/mol. The van der Waals surface area contributed by atoms with E-state index in [0.717, 1.165) is 11.1 Å². The van der Waals surface area contributed by atoms with Crippen LogP contribution >= 0.6 is 0 Å². The third-order valence-electron chi connectivity index (χ3n) is 5.03. The molecule has 0 saturated heterocycles. The van der Waals surface area contributed by atoms with Crippen molar-refractivity contribution in [3.8, 4) is 11.5 Å². The van der Waals surface area contributed by atoms with E-state index in [1.165, 1.54) is 0 Å². The van der Waals surface area contributed by atoms with Crippen LogP contribution in [0, 0.1) is 12.3 Å². The number of aliphatic hydroxyl groups is 1. The molecule has 18 heavy (non-hydrogen) atoms. The Morgan fingerprint density at radius 1 is 1.17 bits per heavy atom. The summed E-state index contributed by atoms with van der Waals surface area (Å²) in [6, 6.07) is 3.63. The minimum atomic E-state index is -1.06. The van der Waals surface area contributed by atoms with Gasteiger partial charge in [-0.3, -0.25) is 0 Å². The van der Waals surface area contributed by atoms with Gasteiger partial charge in [0.25, 0.3) is 0 Å². The van der Waals surface area contributed by atoms with Crippen LogP contribution in [0.5, 0.6) is 11.5 Å². The number of aryl methyl sites for hydroxylation is 1. The van der Waals surface area contributed by atoms with E-state index in [1.54, 1.807) is 6.07 Å². The first-order chi connectivity index (χ1) is 8.17. The smallest absolute Gasteiger partial charge is 0.209 e. The Balaban J connectivity index is 2.27. The van der Waals surface area contributed by atoms with Gasteiger partial charge in [0.15, 0.2) is 0 Å². The normalized spacial score (nSPS) is 36.1. The minimum absolute atomic E-state index is 0.0608. The zero-order valence-electron chi connectivity index (χ0n) is 11.4. The SMILES string of the molecule is Cc1cc2c(cc1O)[C@@]1(C)C[C@](O)(CC1(C)C)O2. The van der Waals surface area contributed by atoms with E-state index in [1.807, 2.05) is 13.0 Å². The lowest BCUT2D eigenvalue weighted by Gasteiger charge is -2.41. The van der Waals surface area contributed by atoms with Gasteiger partial charge in [-0.05, 0) is 30.0 Å². The lowest BCUT2D eigenvalue weighted by molar-refractivity contribution is -0.142. The van der Waals surface area contributed by atoms with Gasteiger partial charge >= 0.3 is 0 Å². The number of benzene rings is 1. The van der Waals surface area contributed by atoms with E-state index >= 15 is 0 Å². The van der Waals surface area contributed by atoms with Crippen LogP contribution < -0.4 is 4.74 Å². The molecule has 0 unspecified atom stereocenters. The molecule has 0 amide bonds. The molecular formula is C15H20O3. The lowest BCUT2D eigenvalue weighted by Crippen LogP contribution is -2.40. The quantitative estimate of drug-likeness (QED) is 0.742. The van der Waals surface area contributed by atoms with Crippen molar-refractivity contribution in [2.45, 2.75) is 51.7 Å². The third-order valence-corrected chi connectivity index (χ3v) is 5.03. The summed E-state index contributed by atoms with van der Waals surface area (Å²) >= 11 is 0. The Morgan fingerprint density at radius 2 is 1.83 bits per heavy atom. The summed E-state index contributed by atoms with van der Waals surface area (Å²) in [5.74, 6) is -0.0480. The molecule has 1 aromatic carbocycles. The Morgan fingerprint density at radius 3 is 2.50 bits per heavy atom. The second kappa shape index (κ2) is 3.02. The number of hydrogen-bond donors (Lipinski definition) is 2. The highest BCUT2D eigenvalue weighted by Crippen LogP contribution is 2.63. The van der Waals surface area contributed by atoms with Gasteiger partial charge in [0, 0.05) is 23.8 Å². The first-order valence-corrected chi connectivity index (χ1v) is 6.42. The number of phenols is 1. The number of phenolic OH excluding ortho intramolecular Hbond substituents is 1. The summed E-state index contributed by atoms with van der Waals surface area (Å²) in [5.41, 5.74) is 1.56. The van der Waals surface area contributed by atoms with Crippen molar-refractivity contribution < 1.29 is 14.9 Å². The van der Waals surface area contributed by atoms with Crippen LogP contribution in [0.3, 0.4) is 0 Å². The summed E-state index contributed by atoms with van der Waals surface area (Å²) in [4.78, 5) is 0. The second-order valence-corrected chi connectivity index (χ2v) is 6.75. The Hall–Kier alpha value is -1.22. The van der Waals surface area contributed by atoms with Gasteiger partial charge < -0.3 is 14.9 Å². The second-order valence-electron chi connectivity index (χ2n) is 6.75. The molecule has 2 bridgehead atoms. The van der Waals surface area contributed by atoms with E-state index in [-0.39, 0.29) is 10.8 Å². The maximum Gasteiger partial charge on any atom is 0.209 e. The molecule has 3 rings (SSSR count). The van der Waals surface area contributed by atoms with Gasteiger partial charge in [0.2, 0.25) is 5.79 Å². The zero-order chi connectivity index (χ0) is 13.3. The topological polar surface area (TPSA) is 49.7 Å². The van der Waals surface area contributed by atoms with Crippen molar-refractivity contribution in [2.24, 2.45) is 5.41 Å². The molecule has 0 aromatic heterocycles. The lowest BCUT2D eigenvalue weighted by atomic mass is 9.65. The van der Waals surface area contributed by atoms with E-state index in [9.17, 15) is 10.2 Å². The van der Waals surface area contributed by atoms with Crippen LogP contribution in [0.2, 0.25) is 0 Å². The van der Waals surface area contributed by atoms with Crippen molar-refractivity contribution in [3.63, 3.8) is 0 Å². The Bertz CT molecular complexity index is 535. The molecule has 0 spiro atoms. The van der Waals surface area contributed by atoms with Gasteiger partial charge in [-0.1, -0.05) is 20.8 Å². The molecule has 1 aliphatic carbocycles. The van der Waals surface area contributed by atoms with Crippen molar-refractivity contribution in [1.29, 1.82) is 0 Å². The molecule has 1 saturated carbocycles.